The van der Waals surface area contributed by atoms with Gasteiger partial charge in [0.2, 0.25) is 0 Å². The number of sulfonamides is 1. The van der Waals surface area contributed by atoms with Crippen molar-refractivity contribution in [2.75, 3.05) is 4.72 Å². The standard InChI is InChI=1S/C12H9BrN2O5S/c13-8-4-3-5-9(12(8)16)14-21(19,20)11-7-2-1-6-10(11)15(17)18/h1-7,14,16H. The van der Waals surface area contributed by atoms with Gasteiger partial charge in [-0.3, -0.25) is 14.8 Å². The molecule has 0 aromatic heterocycles. The van der Waals surface area contributed by atoms with Gasteiger partial charge in [-0.15, -0.1) is 0 Å². The summed E-state index contributed by atoms with van der Waals surface area (Å²) in [4.78, 5) is 9.64. The normalized spacial score (nSPS) is 11.1. The zero-order valence-corrected chi connectivity index (χ0v) is 12.8. The van der Waals surface area contributed by atoms with E-state index in [1.165, 1.54) is 30.3 Å². The molecule has 0 aliphatic rings. The van der Waals surface area contributed by atoms with E-state index in [4.69, 9.17) is 0 Å². The fraction of sp³-hybridized carbons (Fsp3) is 0. The minimum absolute atomic E-state index is 0.0810. The molecule has 0 saturated heterocycles. The van der Waals surface area contributed by atoms with E-state index in [9.17, 15) is 23.6 Å². The minimum Gasteiger partial charge on any atom is -0.505 e. The highest BCUT2D eigenvalue weighted by atomic mass is 79.9. The van der Waals surface area contributed by atoms with Crippen molar-refractivity contribution in [3.05, 3.63) is 57.1 Å². The van der Waals surface area contributed by atoms with Gasteiger partial charge in [-0.25, -0.2) is 8.42 Å². The number of nitro benzene ring substituents is 1. The number of hydrogen-bond donors (Lipinski definition) is 2. The smallest absolute Gasteiger partial charge is 0.289 e. The number of rotatable bonds is 4. The van der Waals surface area contributed by atoms with Crippen molar-refractivity contribution < 1.29 is 18.4 Å². The number of nitrogens with one attached hydrogen (secondary N) is 1. The molecule has 110 valence electrons. The largest absolute Gasteiger partial charge is 0.505 e. The van der Waals surface area contributed by atoms with E-state index in [1.54, 1.807) is 0 Å². The summed E-state index contributed by atoms with van der Waals surface area (Å²) < 4.78 is 26.9. The lowest BCUT2D eigenvalue weighted by Crippen LogP contribution is -2.14. The van der Waals surface area contributed by atoms with E-state index in [2.05, 4.69) is 20.7 Å². The first-order chi connectivity index (χ1) is 9.83. The van der Waals surface area contributed by atoms with Crippen LogP contribution >= 0.6 is 15.9 Å². The second kappa shape index (κ2) is 5.70. The van der Waals surface area contributed by atoms with Gasteiger partial charge in [-0.05, 0) is 34.1 Å². The first-order valence-corrected chi connectivity index (χ1v) is 7.84. The molecule has 0 atom stereocenters. The maximum absolute atomic E-state index is 12.2. The molecule has 2 aromatic rings. The molecule has 0 spiro atoms. The Morgan fingerprint density at radius 1 is 1.14 bits per heavy atom. The molecule has 0 fully saturated rings. The maximum atomic E-state index is 12.2. The van der Waals surface area contributed by atoms with E-state index < -0.39 is 25.5 Å². The number of benzene rings is 2. The highest BCUT2D eigenvalue weighted by Crippen LogP contribution is 2.34. The number of hydrogen-bond acceptors (Lipinski definition) is 5. The molecular formula is C12H9BrN2O5S. The Kier molecular flexibility index (Phi) is 4.14. The molecule has 2 rings (SSSR count). The van der Waals surface area contributed by atoms with E-state index >= 15 is 0 Å². The Morgan fingerprint density at radius 3 is 2.48 bits per heavy atom. The predicted molar refractivity (Wildman–Crippen MR) is 79.7 cm³/mol. The number of para-hydroxylation sites is 2. The van der Waals surface area contributed by atoms with Crippen LogP contribution < -0.4 is 4.72 Å². The maximum Gasteiger partial charge on any atom is 0.289 e. The molecule has 0 heterocycles. The van der Waals surface area contributed by atoms with Gasteiger partial charge >= 0.3 is 0 Å². The number of nitrogens with zero attached hydrogens (tertiary/aromatic N) is 1. The average Bonchev–Trinajstić information content (AvgIpc) is 2.44. The molecule has 0 radical (unpaired) electrons. The molecule has 0 unspecified atom stereocenters. The van der Waals surface area contributed by atoms with Gasteiger partial charge in [-0.1, -0.05) is 18.2 Å². The summed E-state index contributed by atoms with van der Waals surface area (Å²) in [6, 6.07) is 9.34. The van der Waals surface area contributed by atoms with Crippen molar-refractivity contribution in [3.8, 4) is 5.75 Å². The van der Waals surface area contributed by atoms with Crippen molar-refractivity contribution in [1.82, 2.24) is 0 Å². The zero-order chi connectivity index (χ0) is 15.6. The van der Waals surface area contributed by atoms with Crippen LogP contribution in [0.25, 0.3) is 0 Å². The molecule has 21 heavy (non-hydrogen) atoms. The van der Waals surface area contributed by atoms with Crippen LogP contribution in [0.15, 0.2) is 51.8 Å². The molecule has 0 saturated carbocycles. The fourth-order valence-electron chi connectivity index (χ4n) is 1.63. The van der Waals surface area contributed by atoms with Crippen LogP contribution in [0.4, 0.5) is 11.4 Å². The lowest BCUT2D eigenvalue weighted by molar-refractivity contribution is -0.387. The van der Waals surface area contributed by atoms with Gasteiger partial charge in [0, 0.05) is 6.07 Å². The van der Waals surface area contributed by atoms with E-state index in [0.29, 0.717) is 4.47 Å². The number of nitro groups is 1. The Balaban J connectivity index is 2.49. The summed E-state index contributed by atoms with van der Waals surface area (Å²) in [5.41, 5.74) is -0.623. The van der Waals surface area contributed by atoms with Gasteiger partial charge in [0.1, 0.15) is 0 Å². The van der Waals surface area contributed by atoms with Gasteiger partial charge in [-0.2, -0.15) is 0 Å². The van der Waals surface area contributed by atoms with E-state index in [-0.39, 0.29) is 11.4 Å². The summed E-state index contributed by atoms with van der Waals surface area (Å²) in [7, 11) is -4.20. The number of phenols is 1. The van der Waals surface area contributed by atoms with E-state index in [1.807, 2.05) is 0 Å². The summed E-state index contributed by atoms with van der Waals surface area (Å²) >= 11 is 3.05. The summed E-state index contributed by atoms with van der Waals surface area (Å²) in [5, 5.41) is 20.7. The number of anilines is 1. The predicted octanol–water partition coefficient (Wildman–Crippen LogP) is 2.86. The fourth-order valence-corrected chi connectivity index (χ4v) is 3.24. The molecule has 2 N–H and O–H groups in total. The Labute approximate surface area is 128 Å². The summed E-state index contributed by atoms with van der Waals surface area (Å²) in [6.45, 7) is 0. The third-order valence-corrected chi connectivity index (χ3v) is 4.64. The van der Waals surface area contributed by atoms with Crippen molar-refractivity contribution in [2.24, 2.45) is 0 Å². The van der Waals surface area contributed by atoms with Gasteiger partial charge < -0.3 is 5.11 Å². The van der Waals surface area contributed by atoms with Gasteiger partial charge in [0.05, 0.1) is 15.1 Å². The Bertz CT molecular complexity index is 807. The quantitative estimate of drug-likeness (QED) is 0.487. The van der Waals surface area contributed by atoms with Crippen molar-refractivity contribution in [2.45, 2.75) is 4.90 Å². The topological polar surface area (TPSA) is 110 Å². The van der Waals surface area contributed by atoms with Crippen molar-refractivity contribution in [3.63, 3.8) is 0 Å². The Hall–Kier alpha value is -2.13. The van der Waals surface area contributed by atoms with Crippen LogP contribution in [0.1, 0.15) is 0 Å². The van der Waals surface area contributed by atoms with Crippen LogP contribution in [0.5, 0.6) is 5.75 Å². The van der Waals surface area contributed by atoms with Crippen LogP contribution in [0.3, 0.4) is 0 Å². The lowest BCUT2D eigenvalue weighted by Gasteiger charge is -2.10. The molecular weight excluding hydrogens is 364 g/mol. The number of halogens is 1. The second-order valence-electron chi connectivity index (χ2n) is 3.97. The van der Waals surface area contributed by atoms with Crippen molar-refractivity contribution in [1.29, 1.82) is 0 Å². The summed E-state index contributed by atoms with van der Waals surface area (Å²) in [6.07, 6.45) is 0. The molecule has 0 aliphatic carbocycles. The molecule has 2 aromatic carbocycles. The van der Waals surface area contributed by atoms with Crippen LogP contribution in [-0.2, 0) is 10.0 Å². The molecule has 9 heteroatoms. The van der Waals surface area contributed by atoms with Crippen LogP contribution in [0.2, 0.25) is 0 Å². The molecule has 0 amide bonds. The number of phenolic OH excluding ortho intramolecular Hbond substituents is 1. The molecule has 7 nitrogen and oxygen atoms in total. The highest BCUT2D eigenvalue weighted by Gasteiger charge is 2.26. The SMILES string of the molecule is O=[N+]([O-])c1ccccc1S(=O)(=O)Nc1cccc(Br)c1O. The van der Waals surface area contributed by atoms with Crippen LogP contribution in [-0.4, -0.2) is 18.4 Å². The second-order valence-corrected chi connectivity index (χ2v) is 6.47. The zero-order valence-electron chi connectivity index (χ0n) is 10.4. The first kappa shape index (κ1) is 15.3. The summed E-state index contributed by atoms with van der Waals surface area (Å²) in [5.74, 6) is -0.306. The van der Waals surface area contributed by atoms with E-state index in [0.717, 1.165) is 12.1 Å². The highest BCUT2D eigenvalue weighted by molar-refractivity contribution is 9.10. The lowest BCUT2D eigenvalue weighted by atomic mass is 10.3. The van der Waals surface area contributed by atoms with Crippen LogP contribution in [0, 0.1) is 10.1 Å². The van der Waals surface area contributed by atoms with Gasteiger partial charge in [0.25, 0.3) is 15.7 Å². The number of aromatic hydroxyl groups is 1. The molecule has 0 bridgehead atoms. The third kappa shape index (κ3) is 3.14. The Morgan fingerprint density at radius 2 is 1.81 bits per heavy atom. The third-order valence-electron chi connectivity index (χ3n) is 2.58. The monoisotopic (exact) mass is 372 g/mol. The van der Waals surface area contributed by atoms with Gasteiger partial charge in [0.15, 0.2) is 10.6 Å². The minimum atomic E-state index is -4.20. The molecule has 0 aliphatic heterocycles. The first-order valence-electron chi connectivity index (χ1n) is 5.56. The van der Waals surface area contributed by atoms with Crippen molar-refractivity contribution >= 4 is 37.3 Å². The average molecular weight is 373 g/mol.